The first-order chi connectivity index (χ1) is 27.2. The number of nitrogens with one attached hydrogen (secondary N) is 1. The van der Waals surface area contributed by atoms with Gasteiger partial charge >= 0.3 is 6.09 Å². The molecule has 3 N–H and O–H groups in total. The minimum atomic E-state index is -0.718. The molecule has 2 aliphatic rings. The van der Waals surface area contributed by atoms with Crippen LogP contribution in [0.25, 0.3) is 9.69 Å². The van der Waals surface area contributed by atoms with Crippen molar-refractivity contribution in [2.45, 2.75) is 76.3 Å². The Balaban J connectivity index is 0.000000224. The number of nitrogens with zero attached hydrogens (tertiary/aromatic N) is 5. The topological polar surface area (TPSA) is 135 Å². The number of hydrogen-bond donors (Lipinski definition) is 3. The number of aliphatic hydroxyl groups is 2. The van der Waals surface area contributed by atoms with Crippen molar-refractivity contribution < 1.29 is 46.8 Å². The fourth-order valence-electron chi connectivity index (χ4n) is 6.34. The molecule has 16 heteroatoms. The van der Waals surface area contributed by atoms with Crippen LogP contribution in [0.15, 0.2) is 60.7 Å². The summed E-state index contributed by atoms with van der Waals surface area (Å²) in [5, 5.41) is 22.1. The highest BCUT2D eigenvalue weighted by Gasteiger charge is 2.38. The first kappa shape index (κ1) is 42.3. The van der Waals surface area contributed by atoms with E-state index in [1.165, 1.54) is 47.4 Å². The zero-order valence-corrected chi connectivity index (χ0v) is 31.5. The van der Waals surface area contributed by atoms with Gasteiger partial charge in [0.05, 0.1) is 32.4 Å². The highest BCUT2D eigenvalue weighted by Crippen LogP contribution is 2.33. The van der Waals surface area contributed by atoms with Gasteiger partial charge in [0.25, 0.3) is 0 Å². The third-order valence-corrected chi connectivity index (χ3v) is 9.23. The summed E-state index contributed by atoms with van der Waals surface area (Å²) in [4.78, 5) is 28.9. The number of ether oxygens (including phenoxy) is 3. The first-order valence-electron chi connectivity index (χ1n) is 18.1. The minimum Gasteiger partial charge on any atom is -0.484 e. The van der Waals surface area contributed by atoms with E-state index >= 15 is 0 Å². The Bertz CT molecular complexity index is 2140. The van der Waals surface area contributed by atoms with Crippen molar-refractivity contribution in [3.05, 3.63) is 130 Å². The molecule has 4 heterocycles. The van der Waals surface area contributed by atoms with E-state index in [0.717, 1.165) is 18.6 Å². The maximum absolute atomic E-state index is 14.3. The molecule has 2 aromatic carbocycles. The van der Waals surface area contributed by atoms with Gasteiger partial charge in [-0.25, -0.2) is 32.0 Å². The molecule has 6 rings (SSSR count). The van der Waals surface area contributed by atoms with Crippen LogP contribution < -0.4 is 14.8 Å². The second kappa shape index (κ2) is 18.9. The third kappa shape index (κ3) is 11.2. The van der Waals surface area contributed by atoms with Crippen LogP contribution in [0.5, 0.6) is 11.5 Å². The van der Waals surface area contributed by atoms with E-state index in [0.29, 0.717) is 24.4 Å². The number of likely N-dealkylation sites (tertiary alicyclic amines) is 1. The minimum absolute atomic E-state index is 0.00702. The molecule has 300 valence electrons. The Labute approximate surface area is 327 Å². The third-order valence-electron chi connectivity index (χ3n) is 9.23. The lowest BCUT2D eigenvalue weighted by atomic mass is 10.0. The molecule has 1 amide bonds. The lowest BCUT2D eigenvalue weighted by Gasteiger charge is -2.27. The monoisotopic (exact) mass is 790 g/mol. The molecule has 57 heavy (non-hydrogen) atoms. The van der Waals surface area contributed by atoms with E-state index < -0.39 is 41.0 Å². The number of pyridine rings is 2. The molecule has 4 atom stereocenters. The highest BCUT2D eigenvalue weighted by molar-refractivity contribution is 5.69. The molecule has 0 radical (unpaired) electrons. The highest BCUT2D eigenvalue weighted by atomic mass is 19.1. The molecule has 0 aliphatic carbocycles. The molecule has 2 unspecified atom stereocenters. The van der Waals surface area contributed by atoms with Crippen LogP contribution in [0.4, 0.5) is 33.7 Å². The molecule has 12 nitrogen and oxygen atoms in total. The van der Waals surface area contributed by atoms with Crippen molar-refractivity contribution >= 4 is 17.5 Å². The quantitative estimate of drug-likeness (QED) is 0.110. The average molecular weight is 791 g/mol. The first-order valence-corrected chi connectivity index (χ1v) is 18.1. The smallest absolute Gasteiger partial charge is 0.410 e. The zero-order chi connectivity index (χ0) is 41.3. The van der Waals surface area contributed by atoms with Gasteiger partial charge in [0.15, 0.2) is 34.5 Å². The van der Waals surface area contributed by atoms with E-state index in [1.807, 2.05) is 0 Å². The van der Waals surface area contributed by atoms with Crippen molar-refractivity contribution in [3.8, 4) is 11.5 Å². The lowest BCUT2D eigenvalue weighted by molar-refractivity contribution is 0.0174. The fourth-order valence-corrected chi connectivity index (χ4v) is 6.34. The van der Waals surface area contributed by atoms with Crippen LogP contribution in [0.3, 0.4) is 0 Å². The van der Waals surface area contributed by atoms with E-state index in [2.05, 4.69) is 25.0 Å². The number of benzene rings is 2. The molecule has 2 aliphatic heterocycles. The number of aliphatic hydroxyl groups excluding tert-OH is 2. The number of aromatic nitrogens is 2. The number of carbonyl (C=O) groups is 1. The van der Waals surface area contributed by atoms with Crippen LogP contribution >= 0.6 is 0 Å². The van der Waals surface area contributed by atoms with Gasteiger partial charge in [-0.1, -0.05) is 12.1 Å². The molecule has 2 fully saturated rings. The maximum Gasteiger partial charge on any atom is 0.410 e. The molecule has 4 aromatic rings. The Hall–Kier alpha value is -5.81. The summed E-state index contributed by atoms with van der Waals surface area (Å²) in [5.41, 5.74) is 0.978. The second-order valence-corrected chi connectivity index (χ2v) is 14.5. The Morgan fingerprint density at radius 1 is 0.789 bits per heavy atom. The number of hydrogen-bond acceptors (Lipinski definition) is 9. The summed E-state index contributed by atoms with van der Waals surface area (Å²) in [6.07, 6.45) is 0.645. The standard InChI is InChI=1S/C23H25F2N3O4.C18H17F2N3O2/c1-23(2,3)32-22(30)28-11-14(9-16(28)12-29)19-7-6-17(24)20(27-19)13-31-21-8-5-15(26-4)10-18(21)25;1-21-12-2-5-18(15(20)7-12)25-10-17-14(19)3-4-16(23-17)11-6-13(9-24)22-8-11/h5-8,10,14,16,29H,9,11-13H2,1-3H3;2-5,7,11,13,22,24H,6,8-10H2/t14?,16-;11?,13-/m11/s1. The van der Waals surface area contributed by atoms with E-state index in [9.17, 15) is 32.6 Å². The summed E-state index contributed by atoms with van der Waals surface area (Å²) in [7, 11) is 0. The van der Waals surface area contributed by atoms with Gasteiger partial charge in [-0.05, 0) is 82.1 Å². The van der Waals surface area contributed by atoms with E-state index in [-0.39, 0.29) is 85.1 Å². The largest absolute Gasteiger partial charge is 0.484 e. The molecular weight excluding hydrogens is 748 g/mol. The van der Waals surface area contributed by atoms with Gasteiger partial charge in [-0.15, -0.1) is 0 Å². The second-order valence-electron chi connectivity index (χ2n) is 14.5. The summed E-state index contributed by atoms with van der Waals surface area (Å²) in [6, 6.07) is 12.9. The van der Waals surface area contributed by atoms with Crippen LogP contribution in [0.2, 0.25) is 0 Å². The number of halogens is 4. The van der Waals surface area contributed by atoms with Crippen molar-refractivity contribution in [3.63, 3.8) is 0 Å². The van der Waals surface area contributed by atoms with Gasteiger partial charge in [-0.3, -0.25) is 9.97 Å². The van der Waals surface area contributed by atoms with Gasteiger partial charge in [0.2, 0.25) is 0 Å². The summed E-state index contributed by atoms with van der Waals surface area (Å²) in [6.45, 7) is 19.3. The number of rotatable bonds is 10. The van der Waals surface area contributed by atoms with Gasteiger partial charge < -0.3 is 34.6 Å². The SMILES string of the molecule is [C-]#[N+]c1ccc(OCc2nc(C3CN[C@@H](CO)C3)ccc2F)c(F)c1.[C-]#[N+]c1ccc(OCc2nc(C3C[C@H](CO)N(C(=O)OC(C)(C)C)C3)ccc2F)c(F)c1. The van der Waals surface area contributed by atoms with E-state index in [4.69, 9.17) is 27.4 Å². The molecule has 0 bridgehead atoms. The van der Waals surface area contributed by atoms with Crippen molar-refractivity contribution in [2.75, 3.05) is 26.3 Å². The fraction of sp³-hybridized carbons (Fsp3) is 0.390. The van der Waals surface area contributed by atoms with Crippen LogP contribution in [0.1, 0.15) is 68.2 Å². The molecule has 2 aromatic heterocycles. The predicted octanol–water partition coefficient (Wildman–Crippen LogP) is 7.50. The van der Waals surface area contributed by atoms with Gasteiger partial charge in [-0.2, -0.15) is 0 Å². The lowest BCUT2D eigenvalue weighted by Crippen LogP contribution is -2.41. The van der Waals surface area contributed by atoms with Crippen LogP contribution in [-0.4, -0.2) is 75.2 Å². The maximum atomic E-state index is 14.3. The zero-order valence-electron chi connectivity index (χ0n) is 31.5. The van der Waals surface area contributed by atoms with Gasteiger partial charge in [0.1, 0.15) is 41.8 Å². The summed E-state index contributed by atoms with van der Waals surface area (Å²) < 4.78 is 72.3. The van der Waals surface area contributed by atoms with Crippen molar-refractivity contribution in [2.24, 2.45) is 0 Å². The normalized spacial score (nSPS) is 18.9. The van der Waals surface area contributed by atoms with Crippen molar-refractivity contribution in [1.82, 2.24) is 20.2 Å². The van der Waals surface area contributed by atoms with Crippen molar-refractivity contribution in [1.29, 1.82) is 0 Å². The molecular formula is C41H42F4N6O6. The Morgan fingerprint density at radius 2 is 1.32 bits per heavy atom. The Kier molecular flexibility index (Phi) is 14.0. The predicted molar refractivity (Wildman–Crippen MR) is 200 cm³/mol. The number of carbonyl (C=O) groups excluding carboxylic acids is 1. The van der Waals surface area contributed by atoms with E-state index in [1.54, 1.807) is 26.8 Å². The molecule has 0 spiro atoms. The number of amides is 1. The Morgan fingerprint density at radius 3 is 1.75 bits per heavy atom. The van der Waals surface area contributed by atoms with Crippen LogP contribution in [0, 0.1) is 36.4 Å². The van der Waals surface area contributed by atoms with Crippen LogP contribution in [-0.2, 0) is 18.0 Å². The molecule has 2 saturated heterocycles. The summed E-state index contributed by atoms with van der Waals surface area (Å²) >= 11 is 0. The molecule has 0 saturated carbocycles. The average Bonchev–Trinajstić information content (AvgIpc) is 3.86. The summed E-state index contributed by atoms with van der Waals surface area (Å²) in [5.74, 6) is -2.82. The van der Waals surface area contributed by atoms with Gasteiger partial charge in [0, 0.05) is 42.4 Å².